The molecule has 142 valence electrons. The minimum atomic E-state index is 0.593. The van der Waals surface area contributed by atoms with E-state index in [0.29, 0.717) is 18.3 Å². The number of nitrogens with zero attached hydrogens (tertiary/aromatic N) is 5. The second-order valence-electron chi connectivity index (χ2n) is 7.15. The lowest BCUT2D eigenvalue weighted by Gasteiger charge is -2.30. The Labute approximate surface area is 159 Å². The molecule has 3 aromatic rings. The van der Waals surface area contributed by atoms with Crippen molar-refractivity contribution in [2.75, 3.05) is 38.3 Å². The number of aryl methyl sites for hydroxylation is 2. The highest BCUT2D eigenvalue weighted by Gasteiger charge is 2.19. The zero-order valence-electron chi connectivity index (χ0n) is 16.1. The average molecular weight is 367 g/mol. The van der Waals surface area contributed by atoms with Crippen LogP contribution in [0, 0.1) is 13.8 Å². The second kappa shape index (κ2) is 7.62. The molecule has 1 aromatic carbocycles. The Morgan fingerprint density at radius 2 is 1.89 bits per heavy atom. The van der Waals surface area contributed by atoms with Crippen LogP contribution in [0.5, 0.6) is 0 Å². The Kier molecular flexibility index (Phi) is 5.05. The molecule has 0 atom stereocenters. The van der Waals surface area contributed by atoms with Gasteiger partial charge < -0.3 is 14.1 Å². The van der Waals surface area contributed by atoms with Gasteiger partial charge in [0.05, 0.1) is 25.3 Å². The minimum absolute atomic E-state index is 0.593. The highest BCUT2D eigenvalue weighted by atomic mass is 16.5. The van der Waals surface area contributed by atoms with Gasteiger partial charge in [-0.25, -0.2) is 4.98 Å². The summed E-state index contributed by atoms with van der Waals surface area (Å²) in [5.41, 5.74) is 3.46. The average Bonchev–Trinajstić information content (AvgIpc) is 3.06. The molecule has 2 aromatic heterocycles. The molecule has 0 aliphatic carbocycles. The van der Waals surface area contributed by atoms with Crippen molar-refractivity contribution >= 4 is 16.7 Å². The van der Waals surface area contributed by atoms with E-state index >= 15 is 0 Å². The molecular weight excluding hydrogens is 342 g/mol. The molecule has 1 aliphatic rings. The third-order valence-corrected chi connectivity index (χ3v) is 4.75. The van der Waals surface area contributed by atoms with Crippen LogP contribution in [0.15, 0.2) is 28.7 Å². The van der Waals surface area contributed by atoms with E-state index in [1.807, 2.05) is 6.92 Å². The number of ether oxygens (including phenoxy) is 1. The van der Waals surface area contributed by atoms with Gasteiger partial charge in [0.1, 0.15) is 5.82 Å². The van der Waals surface area contributed by atoms with Crippen LogP contribution in [0.3, 0.4) is 0 Å². The number of pyridine rings is 1. The Bertz CT molecular complexity index is 933. The Balaban J connectivity index is 1.65. The maximum atomic E-state index is 5.52. The second-order valence-corrected chi connectivity index (χ2v) is 7.15. The van der Waals surface area contributed by atoms with Crippen molar-refractivity contribution in [2.24, 2.45) is 0 Å². The van der Waals surface area contributed by atoms with Crippen LogP contribution in [0.4, 0.5) is 5.82 Å². The number of morpholine rings is 1. The molecule has 0 saturated carbocycles. The van der Waals surface area contributed by atoms with E-state index in [1.165, 1.54) is 11.1 Å². The lowest BCUT2D eigenvalue weighted by Crippen LogP contribution is -2.37. The third kappa shape index (κ3) is 4.09. The van der Waals surface area contributed by atoms with Crippen molar-refractivity contribution < 1.29 is 9.15 Å². The summed E-state index contributed by atoms with van der Waals surface area (Å²) in [7, 11) is 2.06. The van der Waals surface area contributed by atoms with Crippen LogP contribution in [0.1, 0.15) is 22.9 Å². The van der Waals surface area contributed by atoms with E-state index in [0.717, 1.165) is 49.6 Å². The molecule has 0 unspecified atom stereocenters. The van der Waals surface area contributed by atoms with E-state index in [2.05, 4.69) is 58.2 Å². The van der Waals surface area contributed by atoms with Crippen molar-refractivity contribution in [3.05, 3.63) is 47.2 Å². The summed E-state index contributed by atoms with van der Waals surface area (Å²) in [6.45, 7) is 8.48. The summed E-state index contributed by atoms with van der Waals surface area (Å²) in [6.07, 6.45) is 0. The fourth-order valence-corrected chi connectivity index (χ4v) is 3.46. The van der Waals surface area contributed by atoms with E-state index < -0.39 is 0 Å². The lowest BCUT2D eigenvalue weighted by atomic mass is 10.1. The van der Waals surface area contributed by atoms with Crippen LogP contribution < -0.4 is 4.90 Å². The first-order valence-electron chi connectivity index (χ1n) is 9.29. The summed E-state index contributed by atoms with van der Waals surface area (Å²) < 4.78 is 11.0. The van der Waals surface area contributed by atoms with Crippen molar-refractivity contribution in [3.63, 3.8) is 0 Å². The molecule has 1 fully saturated rings. The normalized spacial score (nSPS) is 15.0. The topological polar surface area (TPSA) is 67.5 Å². The number of anilines is 1. The molecule has 0 spiro atoms. The predicted octanol–water partition coefficient (Wildman–Crippen LogP) is 2.70. The standard InChI is InChI=1S/C20H25N5O2/c1-14-4-5-16-11-17(12-24(3)13-19-23-22-15(2)27-19)20(21-18(16)10-14)25-6-8-26-9-7-25/h4-5,10-11H,6-9,12-13H2,1-3H3. The third-order valence-electron chi connectivity index (χ3n) is 4.75. The Morgan fingerprint density at radius 1 is 1.07 bits per heavy atom. The fourth-order valence-electron chi connectivity index (χ4n) is 3.46. The van der Waals surface area contributed by atoms with Crippen molar-refractivity contribution in [1.29, 1.82) is 0 Å². The number of hydrogen-bond donors (Lipinski definition) is 0. The van der Waals surface area contributed by atoms with Gasteiger partial charge in [-0.15, -0.1) is 10.2 Å². The molecule has 3 heterocycles. The van der Waals surface area contributed by atoms with Gasteiger partial charge in [-0.1, -0.05) is 12.1 Å². The van der Waals surface area contributed by atoms with Gasteiger partial charge in [0, 0.05) is 37.5 Å². The highest BCUT2D eigenvalue weighted by Crippen LogP contribution is 2.26. The van der Waals surface area contributed by atoms with Crippen molar-refractivity contribution in [3.8, 4) is 0 Å². The lowest BCUT2D eigenvalue weighted by molar-refractivity contribution is 0.122. The summed E-state index contributed by atoms with van der Waals surface area (Å²) in [4.78, 5) is 9.52. The zero-order valence-corrected chi connectivity index (χ0v) is 16.1. The minimum Gasteiger partial charge on any atom is -0.424 e. The zero-order chi connectivity index (χ0) is 18.8. The summed E-state index contributed by atoms with van der Waals surface area (Å²) in [5.74, 6) is 2.27. The highest BCUT2D eigenvalue weighted by molar-refractivity contribution is 5.82. The maximum absolute atomic E-state index is 5.52. The van der Waals surface area contributed by atoms with Gasteiger partial charge in [0.25, 0.3) is 0 Å². The molecule has 0 radical (unpaired) electrons. The predicted molar refractivity (Wildman–Crippen MR) is 104 cm³/mol. The van der Waals surface area contributed by atoms with Gasteiger partial charge in [-0.3, -0.25) is 4.90 Å². The van der Waals surface area contributed by atoms with Crippen LogP contribution in [0.2, 0.25) is 0 Å². The van der Waals surface area contributed by atoms with Crippen LogP contribution in [-0.2, 0) is 17.8 Å². The SMILES string of the molecule is Cc1ccc2cc(CN(C)Cc3nnc(C)o3)c(N3CCOCC3)nc2c1. The maximum Gasteiger partial charge on any atom is 0.230 e. The number of fused-ring (bicyclic) bond motifs is 1. The largest absolute Gasteiger partial charge is 0.424 e. The smallest absolute Gasteiger partial charge is 0.230 e. The van der Waals surface area contributed by atoms with Gasteiger partial charge in [-0.2, -0.15) is 0 Å². The fraction of sp³-hybridized carbons (Fsp3) is 0.450. The molecule has 1 aliphatic heterocycles. The van der Waals surface area contributed by atoms with E-state index in [1.54, 1.807) is 0 Å². The summed E-state index contributed by atoms with van der Waals surface area (Å²) >= 11 is 0. The van der Waals surface area contributed by atoms with E-state index in [4.69, 9.17) is 14.1 Å². The molecular formula is C20H25N5O2. The molecule has 4 rings (SSSR count). The Hall–Kier alpha value is -2.51. The van der Waals surface area contributed by atoms with Crippen LogP contribution in [0.25, 0.3) is 10.9 Å². The van der Waals surface area contributed by atoms with Crippen LogP contribution in [-0.4, -0.2) is 53.4 Å². The first-order valence-corrected chi connectivity index (χ1v) is 9.29. The Morgan fingerprint density at radius 3 is 2.63 bits per heavy atom. The van der Waals surface area contributed by atoms with Crippen molar-refractivity contribution in [2.45, 2.75) is 26.9 Å². The van der Waals surface area contributed by atoms with E-state index in [9.17, 15) is 0 Å². The molecule has 1 saturated heterocycles. The molecule has 7 heteroatoms. The van der Waals surface area contributed by atoms with Crippen molar-refractivity contribution in [1.82, 2.24) is 20.1 Å². The van der Waals surface area contributed by atoms with Gasteiger partial charge in [0.2, 0.25) is 11.8 Å². The van der Waals surface area contributed by atoms with Gasteiger partial charge >= 0.3 is 0 Å². The number of hydrogen-bond acceptors (Lipinski definition) is 7. The summed E-state index contributed by atoms with van der Waals surface area (Å²) in [6, 6.07) is 8.68. The molecule has 0 N–H and O–H groups in total. The monoisotopic (exact) mass is 367 g/mol. The van der Waals surface area contributed by atoms with Gasteiger partial charge in [-0.05, 0) is 31.7 Å². The van der Waals surface area contributed by atoms with E-state index in [-0.39, 0.29) is 0 Å². The molecule has 7 nitrogen and oxygen atoms in total. The summed E-state index contributed by atoms with van der Waals surface area (Å²) in [5, 5.41) is 9.17. The van der Waals surface area contributed by atoms with Gasteiger partial charge in [0.15, 0.2) is 0 Å². The quantitative estimate of drug-likeness (QED) is 0.687. The van der Waals surface area contributed by atoms with Crippen LogP contribution >= 0.6 is 0 Å². The number of aromatic nitrogens is 3. The molecule has 0 bridgehead atoms. The number of rotatable bonds is 5. The first kappa shape index (κ1) is 17.9. The number of benzene rings is 1. The molecule has 27 heavy (non-hydrogen) atoms. The molecule has 0 amide bonds. The first-order chi connectivity index (χ1) is 13.1.